The van der Waals surface area contributed by atoms with Gasteiger partial charge in [-0.3, -0.25) is 4.79 Å². The first kappa shape index (κ1) is 17.9. The summed E-state index contributed by atoms with van der Waals surface area (Å²) in [5.74, 6) is 0.475. The van der Waals surface area contributed by atoms with Gasteiger partial charge < -0.3 is 10.2 Å². The second kappa shape index (κ2) is 8.06. The summed E-state index contributed by atoms with van der Waals surface area (Å²) in [6.07, 6.45) is 1.37. The van der Waals surface area contributed by atoms with Crippen LogP contribution in [0, 0.1) is 5.82 Å². The van der Waals surface area contributed by atoms with Gasteiger partial charge in [0.25, 0.3) is 0 Å². The summed E-state index contributed by atoms with van der Waals surface area (Å²) >= 11 is 2.90. The lowest BCUT2D eigenvalue weighted by Crippen LogP contribution is -2.29. The van der Waals surface area contributed by atoms with Gasteiger partial charge in [0, 0.05) is 30.1 Å². The van der Waals surface area contributed by atoms with Gasteiger partial charge in [0.05, 0.1) is 0 Å². The van der Waals surface area contributed by atoms with Crippen LogP contribution >= 0.6 is 23.1 Å². The van der Waals surface area contributed by atoms with E-state index in [9.17, 15) is 9.18 Å². The predicted molar refractivity (Wildman–Crippen MR) is 107 cm³/mol. The number of para-hydroxylation sites is 1. The number of anilines is 3. The molecule has 4 rings (SSSR count). The molecule has 0 bridgehead atoms. The largest absolute Gasteiger partial charge is 0.330 e. The lowest BCUT2D eigenvalue weighted by Gasteiger charge is -2.16. The summed E-state index contributed by atoms with van der Waals surface area (Å²) in [6.45, 7) is 0.753. The van der Waals surface area contributed by atoms with Gasteiger partial charge in [0.15, 0.2) is 4.34 Å². The molecule has 1 aliphatic rings. The average Bonchev–Trinajstić information content (AvgIpc) is 3.28. The zero-order chi connectivity index (χ0) is 18.6. The van der Waals surface area contributed by atoms with Gasteiger partial charge in [-0.25, -0.2) is 4.39 Å². The van der Waals surface area contributed by atoms with Crippen molar-refractivity contribution in [1.82, 2.24) is 10.2 Å². The monoisotopic (exact) mass is 400 g/mol. The summed E-state index contributed by atoms with van der Waals surface area (Å²) in [7, 11) is 0. The van der Waals surface area contributed by atoms with E-state index in [2.05, 4.69) is 21.6 Å². The molecule has 2 heterocycles. The smallest absolute Gasteiger partial charge is 0.227 e. The number of benzene rings is 2. The van der Waals surface area contributed by atoms with Crippen LogP contribution in [0.5, 0.6) is 0 Å². The highest BCUT2D eigenvalue weighted by Gasteiger charge is 2.23. The van der Waals surface area contributed by atoms with E-state index in [0.29, 0.717) is 23.0 Å². The van der Waals surface area contributed by atoms with Crippen LogP contribution < -0.4 is 10.2 Å². The SMILES string of the molecule is O=C(CCSc1nnc(Nc2cccc(F)c2)s1)N1CCc2ccccc21. The molecular formula is C19H17FN4OS2. The Balaban J connectivity index is 1.29. The van der Waals surface area contributed by atoms with E-state index in [0.717, 1.165) is 23.0 Å². The molecule has 0 radical (unpaired) electrons. The van der Waals surface area contributed by atoms with Crippen molar-refractivity contribution >= 4 is 45.5 Å². The van der Waals surface area contributed by atoms with E-state index in [1.54, 1.807) is 12.1 Å². The number of carbonyl (C=O) groups is 1. The maximum atomic E-state index is 13.2. The van der Waals surface area contributed by atoms with Crippen molar-refractivity contribution in [2.75, 3.05) is 22.5 Å². The number of nitrogens with one attached hydrogen (secondary N) is 1. The van der Waals surface area contributed by atoms with E-state index in [1.807, 2.05) is 23.1 Å². The number of hydrogen-bond acceptors (Lipinski definition) is 6. The Morgan fingerprint density at radius 1 is 1.22 bits per heavy atom. The molecule has 1 N–H and O–H groups in total. The fourth-order valence-corrected chi connectivity index (χ4v) is 4.74. The number of amides is 1. The second-order valence-electron chi connectivity index (χ2n) is 6.03. The Hall–Kier alpha value is -2.45. The number of nitrogens with zero attached hydrogens (tertiary/aromatic N) is 3. The number of rotatable bonds is 6. The van der Waals surface area contributed by atoms with Crippen LogP contribution in [0.3, 0.4) is 0 Å². The van der Waals surface area contributed by atoms with Crippen molar-refractivity contribution in [2.45, 2.75) is 17.2 Å². The van der Waals surface area contributed by atoms with Crippen LogP contribution in [0.1, 0.15) is 12.0 Å². The van der Waals surface area contributed by atoms with Gasteiger partial charge in [-0.15, -0.1) is 10.2 Å². The molecule has 0 saturated heterocycles. The molecule has 8 heteroatoms. The first-order valence-electron chi connectivity index (χ1n) is 8.56. The third-order valence-electron chi connectivity index (χ3n) is 4.21. The molecule has 0 spiro atoms. The summed E-state index contributed by atoms with van der Waals surface area (Å²) in [5, 5.41) is 11.8. The number of fused-ring (bicyclic) bond motifs is 1. The highest BCUT2D eigenvalue weighted by molar-refractivity contribution is 8.01. The average molecular weight is 401 g/mol. The molecule has 0 unspecified atom stereocenters. The van der Waals surface area contributed by atoms with Crippen LogP contribution in [-0.4, -0.2) is 28.4 Å². The summed E-state index contributed by atoms with van der Waals surface area (Å²) in [6, 6.07) is 14.2. The van der Waals surface area contributed by atoms with Gasteiger partial charge in [0.2, 0.25) is 11.0 Å². The second-order valence-corrected chi connectivity index (χ2v) is 8.35. The molecule has 5 nitrogen and oxygen atoms in total. The zero-order valence-corrected chi connectivity index (χ0v) is 16.0. The maximum Gasteiger partial charge on any atom is 0.227 e. The summed E-state index contributed by atoms with van der Waals surface area (Å²) < 4.78 is 14.0. The number of hydrogen-bond donors (Lipinski definition) is 1. The summed E-state index contributed by atoms with van der Waals surface area (Å²) in [5.41, 5.74) is 2.89. The minimum atomic E-state index is -0.305. The van der Waals surface area contributed by atoms with Crippen molar-refractivity contribution in [2.24, 2.45) is 0 Å². The van der Waals surface area contributed by atoms with Crippen LogP contribution in [0.2, 0.25) is 0 Å². The van der Waals surface area contributed by atoms with Crippen LogP contribution in [0.15, 0.2) is 52.9 Å². The Labute approximate surface area is 164 Å². The van der Waals surface area contributed by atoms with E-state index in [1.165, 1.54) is 40.8 Å². The fourth-order valence-electron chi connectivity index (χ4n) is 2.97. The van der Waals surface area contributed by atoms with E-state index >= 15 is 0 Å². The molecule has 1 aromatic heterocycles. The quantitative estimate of drug-likeness (QED) is 0.618. The Kier molecular flexibility index (Phi) is 5.35. The topological polar surface area (TPSA) is 58.1 Å². The Bertz CT molecular complexity index is 962. The van der Waals surface area contributed by atoms with Crippen molar-refractivity contribution in [1.29, 1.82) is 0 Å². The first-order chi connectivity index (χ1) is 13.2. The number of halogens is 1. The van der Waals surface area contributed by atoms with Crippen LogP contribution in [0.25, 0.3) is 0 Å². The Morgan fingerprint density at radius 3 is 3.00 bits per heavy atom. The lowest BCUT2D eigenvalue weighted by atomic mass is 10.2. The van der Waals surface area contributed by atoms with Crippen molar-refractivity contribution in [3.05, 3.63) is 59.9 Å². The third-order valence-corrected chi connectivity index (χ3v) is 6.19. The van der Waals surface area contributed by atoms with Crippen molar-refractivity contribution in [3.8, 4) is 0 Å². The van der Waals surface area contributed by atoms with Gasteiger partial charge >= 0.3 is 0 Å². The van der Waals surface area contributed by atoms with Crippen molar-refractivity contribution in [3.63, 3.8) is 0 Å². The summed E-state index contributed by atoms with van der Waals surface area (Å²) in [4.78, 5) is 14.4. The highest BCUT2D eigenvalue weighted by Crippen LogP contribution is 2.30. The van der Waals surface area contributed by atoms with Gasteiger partial charge in [-0.05, 0) is 36.2 Å². The molecule has 0 atom stereocenters. The number of aromatic nitrogens is 2. The standard InChI is InChI=1S/C19H17FN4OS2/c20-14-5-3-6-15(12-14)21-18-22-23-19(27-18)26-11-9-17(25)24-10-8-13-4-1-2-7-16(13)24/h1-7,12H,8-11H2,(H,21,22). The molecule has 27 heavy (non-hydrogen) atoms. The maximum absolute atomic E-state index is 13.2. The molecule has 0 fully saturated rings. The van der Waals surface area contributed by atoms with E-state index < -0.39 is 0 Å². The molecule has 1 aliphatic heterocycles. The molecule has 3 aromatic rings. The van der Waals surface area contributed by atoms with Gasteiger partial charge in [0.1, 0.15) is 5.82 Å². The molecule has 1 amide bonds. The minimum absolute atomic E-state index is 0.134. The minimum Gasteiger partial charge on any atom is -0.330 e. The normalized spacial score (nSPS) is 12.9. The molecule has 138 valence electrons. The number of thioether (sulfide) groups is 1. The predicted octanol–water partition coefficient (Wildman–Crippen LogP) is 4.49. The first-order valence-corrected chi connectivity index (χ1v) is 10.4. The van der Waals surface area contributed by atoms with Gasteiger partial charge in [-0.2, -0.15) is 0 Å². The van der Waals surface area contributed by atoms with E-state index in [-0.39, 0.29) is 11.7 Å². The molecule has 0 aliphatic carbocycles. The molecule has 0 saturated carbocycles. The Morgan fingerprint density at radius 2 is 2.11 bits per heavy atom. The van der Waals surface area contributed by atoms with Gasteiger partial charge in [-0.1, -0.05) is 47.4 Å². The zero-order valence-electron chi connectivity index (χ0n) is 14.4. The lowest BCUT2D eigenvalue weighted by molar-refractivity contribution is -0.118. The van der Waals surface area contributed by atoms with Crippen LogP contribution in [0.4, 0.5) is 20.9 Å². The number of carbonyl (C=O) groups excluding carboxylic acids is 1. The van der Waals surface area contributed by atoms with Crippen LogP contribution in [-0.2, 0) is 11.2 Å². The van der Waals surface area contributed by atoms with E-state index in [4.69, 9.17) is 0 Å². The molecular weight excluding hydrogens is 383 g/mol. The highest BCUT2D eigenvalue weighted by atomic mass is 32.2. The third kappa shape index (κ3) is 4.28. The fraction of sp³-hybridized carbons (Fsp3) is 0.211. The molecule has 2 aromatic carbocycles. The van der Waals surface area contributed by atoms with Crippen molar-refractivity contribution < 1.29 is 9.18 Å².